The van der Waals surface area contributed by atoms with Gasteiger partial charge in [0.05, 0.1) is 13.2 Å². The molecule has 0 heterocycles. The Labute approximate surface area is 127 Å². The minimum absolute atomic E-state index is 0.273. The van der Waals surface area contributed by atoms with Crippen LogP contribution in [0.4, 0.5) is 5.69 Å². The molecule has 2 aromatic carbocycles. The van der Waals surface area contributed by atoms with Crippen LogP contribution in [0, 0.1) is 0 Å². The largest absolute Gasteiger partial charge is 0.497 e. The van der Waals surface area contributed by atoms with Crippen LogP contribution in [-0.2, 0) is 5.41 Å². The molecule has 0 saturated carbocycles. The lowest BCUT2D eigenvalue weighted by Gasteiger charge is -2.37. The van der Waals surface area contributed by atoms with E-state index in [1.807, 2.05) is 12.1 Å². The van der Waals surface area contributed by atoms with Crippen molar-refractivity contribution in [2.45, 2.75) is 38.1 Å². The molecule has 0 fully saturated rings. The lowest BCUT2D eigenvalue weighted by molar-refractivity contribution is 0.406. The number of ether oxygens (including phenoxy) is 1. The van der Waals surface area contributed by atoms with Crippen LogP contribution in [0.5, 0.6) is 5.75 Å². The fourth-order valence-corrected chi connectivity index (χ4v) is 3.25. The Morgan fingerprint density at radius 2 is 1.76 bits per heavy atom. The third-order valence-electron chi connectivity index (χ3n) is 4.55. The van der Waals surface area contributed by atoms with Crippen LogP contribution in [0.1, 0.15) is 43.9 Å². The van der Waals surface area contributed by atoms with Crippen molar-refractivity contribution in [2.24, 2.45) is 0 Å². The maximum Gasteiger partial charge on any atom is 0.119 e. The molecule has 1 unspecified atom stereocenters. The molecule has 0 spiro atoms. The van der Waals surface area contributed by atoms with Crippen LogP contribution in [0.25, 0.3) is 0 Å². The minimum atomic E-state index is 0.273. The van der Waals surface area contributed by atoms with Gasteiger partial charge in [-0.3, -0.25) is 0 Å². The van der Waals surface area contributed by atoms with Gasteiger partial charge in [0.1, 0.15) is 5.75 Å². The predicted octanol–water partition coefficient (Wildman–Crippen LogP) is 4.92. The highest BCUT2D eigenvalue weighted by atomic mass is 16.5. The average Bonchev–Trinajstić information content (AvgIpc) is 2.51. The molecule has 2 nitrogen and oxygen atoms in total. The first-order chi connectivity index (χ1) is 10.1. The standard InChI is InChI=1S/C19H23NO/c1-19(2)13-12-18(16-6-4-5-7-17(16)19)20-14-8-10-15(21-3)11-9-14/h4-11,18,20H,12-13H2,1-3H3. The van der Waals surface area contributed by atoms with Crippen LogP contribution >= 0.6 is 0 Å². The van der Waals surface area contributed by atoms with E-state index in [2.05, 4.69) is 55.6 Å². The van der Waals surface area contributed by atoms with Crippen LogP contribution in [0.3, 0.4) is 0 Å². The summed E-state index contributed by atoms with van der Waals surface area (Å²) in [5.74, 6) is 0.894. The monoisotopic (exact) mass is 281 g/mol. The van der Waals surface area contributed by atoms with Crippen molar-refractivity contribution in [3.05, 3.63) is 59.7 Å². The average molecular weight is 281 g/mol. The van der Waals surface area contributed by atoms with Crippen molar-refractivity contribution in [2.75, 3.05) is 12.4 Å². The summed E-state index contributed by atoms with van der Waals surface area (Å²) in [6, 6.07) is 17.4. The van der Waals surface area contributed by atoms with Gasteiger partial charge in [0, 0.05) is 5.69 Å². The van der Waals surface area contributed by atoms with E-state index in [9.17, 15) is 0 Å². The normalized spacial score (nSPS) is 19.7. The van der Waals surface area contributed by atoms with Gasteiger partial charge in [-0.15, -0.1) is 0 Å². The Bertz CT molecular complexity index is 616. The first-order valence-corrected chi connectivity index (χ1v) is 7.60. The fourth-order valence-electron chi connectivity index (χ4n) is 3.25. The molecule has 0 saturated heterocycles. The molecule has 110 valence electrons. The van der Waals surface area contributed by atoms with Crippen molar-refractivity contribution in [1.29, 1.82) is 0 Å². The van der Waals surface area contributed by atoms with Crippen molar-refractivity contribution in [3.8, 4) is 5.75 Å². The summed E-state index contributed by atoms with van der Waals surface area (Å²) in [6.07, 6.45) is 2.37. The van der Waals surface area contributed by atoms with E-state index >= 15 is 0 Å². The Balaban J connectivity index is 1.86. The fraction of sp³-hybridized carbons (Fsp3) is 0.368. The van der Waals surface area contributed by atoms with Gasteiger partial charge in [0.25, 0.3) is 0 Å². The highest BCUT2D eigenvalue weighted by molar-refractivity contribution is 5.50. The number of rotatable bonds is 3. The topological polar surface area (TPSA) is 21.3 Å². The summed E-state index contributed by atoms with van der Waals surface area (Å²) in [5.41, 5.74) is 4.33. The molecule has 21 heavy (non-hydrogen) atoms. The van der Waals surface area contributed by atoms with Gasteiger partial charge in [-0.25, -0.2) is 0 Å². The summed E-state index contributed by atoms with van der Waals surface area (Å²) in [4.78, 5) is 0. The molecule has 2 heteroatoms. The first-order valence-electron chi connectivity index (χ1n) is 7.60. The summed E-state index contributed by atoms with van der Waals surface area (Å²) in [5, 5.41) is 3.67. The zero-order valence-electron chi connectivity index (χ0n) is 13.0. The molecule has 1 atom stereocenters. The molecule has 0 aliphatic heterocycles. The van der Waals surface area contributed by atoms with Gasteiger partial charge in [-0.05, 0) is 53.6 Å². The van der Waals surface area contributed by atoms with Gasteiger partial charge in [0.2, 0.25) is 0 Å². The molecule has 0 radical (unpaired) electrons. The Morgan fingerprint density at radius 1 is 1.05 bits per heavy atom. The summed E-state index contributed by atoms with van der Waals surface area (Å²) >= 11 is 0. The van der Waals surface area contributed by atoms with Gasteiger partial charge >= 0.3 is 0 Å². The summed E-state index contributed by atoms with van der Waals surface area (Å²) in [6.45, 7) is 4.69. The van der Waals surface area contributed by atoms with E-state index in [4.69, 9.17) is 4.74 Å². The highest BCUT2D eigenvalue weighted by Crippen LogP contribution is 2.42. The van der Waals surface area contributed by atoms with E-state index < -0.39 is 0 Å². The van der Waals surface area contributed by atoms with Gasteiger partial charge < -0.3 is 10.1 Å². The highest BCUT2D eigenvalue weighted by Gasteiger charge is 2.32. The summed E-state index contributed by atoms with van der Waals surface area (Å²) < 4.78 is 5.21. The number of hydrogen-bond donors (Lipinski definition) is 1. The Morgan fingerprint density at radius 3 is 2.48 bits per heavy atom. The molecular formula is C19H23NO. The lowest BCUT2D eigenvalue weighted by Crippen LogP contribution is -2.29. The van der Waals surface area contributed by atoms with Gasteiger partial charge in [-0.2, -0.15) is 0 Å². The lowest BCUT2D eigenvalue weighted by atomic mass is 9.71. The third-order valence-corrected chi connectivity index (χ3v) is 4.55. The minimum Gasteiger partial charge on any atom is -0.497 e. The Hall–Kier alpha value is -1.96. The maximum atomic E-state index is 5.21. The second-order valence-corrected chi connectivity index (χ2v) is 6.44. The summed E-state index contributed by atoms with van der Waals surface area (Å²) in [7, 11) is 1.70. The van der Waals surface area contributed by atoms with Crippen LogP contribution in [0.15, 0.2) is 48.5 Å². The zero-order chi connectivity index (χ0) is 14.9. The van der Waals surface area contributed by atoms with Crippen LogP contribution in [0.2, 0.25) is 0 Å². The van der Waals surface area contributed by atoms with Crippen molar-refractivity contribution in [3.63, 3.8) is 0 Å². The number of hydrogen-bond acceptors (Lipinski definition) is 2. The molecule has 3 rings (SSSR count). The second kappa shape index (κ2) is 5.44. The third kappa shape index (κ3) is 2.76. The quantitative estimate of drug-likeness (QED) is 0.862. The van der Waals surface area contributed by atoms with Gasteiger partial charge in [-0.1, -0.05) is 38.1 Å². The molecule has 0 amide bonds. The molecule has 1 aliphatic rings. The SMILES string of the molecule is COc1ccc(NC2CCC(C)(C)c3ccccc32)cc1. The van der Waals surface area contributed by atoms with Crippen LogP contribution in [-0.4, -0.2) is 7.11 Å². The molecule has 1 N–H and O–H groups in total. The van der Waals surface area contributed by atoms with E-state index in [0.717, 1.165) is 17.9 Å². The van der Waals surface area contributed by atoms with Gasteiger partial charge in [0.15, 0.2) is 0 Å². The molecule has 1 aliphatic carbocycles. The first kappa shape index (κ1) is 14.0. The van der Waals surface area contributed by atoms with Crippen molar-refractivity contribution in [1.82, 2.24) is 0 Å². The number of nitrogens with one attached hydrogen (secondary N) is 1. The predicted molar refractivity (Wildman–Crippen MR) is 88.1 cm³/mol. The smallest absolute Gasteiger partial charge is 0.119 e. The number of methoxy groups -OCH3 is 1. The molecule has 0 aromatic heterocycles. The van der Waals surface area contributed by atoms with Crippen LogP contribution < -0.4 is 10.1 Å². The maximum absolute atomic E-state index is 5.21. The Kier molecular flexibility index (Phi) is 3.62. The van der Waals surface area contributed by atoms with E-state index in [-0.39, 0.29) is 5.41 Å². The molecular weight excluding hydrogens is 258 g/mol. The van der Waals surface area contributed by atoms with E-state index in [0.29, 0.717) is 6.04 Å². The second-order valence-electron chi connectivity index (χ2n) is 6.44. The number of benzene rings is 2. The molecule has 0 bridgehead atoms. The van der Waals surface area contributed by atoms with Crippen molar-refractivity contribution < 1.29 is 4.74 Å². The van der Waals surface area contributed by atoms with E-state index in [1.165, 1.54) is 17.5 Å². The molecule has 2 aromatic rings. The number of anilines is 1. The number of fused-ring (bicyclic) bond motifs is 1. The zero-order valence-corrected chi connectivity index (χ0v) is 13.0. The van der Waals surface area contributed by atoms with Crippen molar-refractivity contribution >= 4 is 5.69 Å². The van der Waals surface area contributed by atoms with E-state index in [1.54, 1.807) is 7.11 Å².